The number of rotatable bonds is 4. The Morgan fingerprint density at radius 2 is 2.27 bits per heavy atom. The van der Waals surface area contributed by atoms with Crippen molar-refractivity contribution in [3.05, 3.63) is 18.0 Å². The van der Waals surface area contributed by atoms with Crippen molar-refractivity contribution in [2.24, 2.45) is 5.92 Å². The molecule has 1 aliphatic carbocycles. The monoisotopic (exact) mass is 248 g/mol. The summed E-state index contributed by atoms with van der Waals surface area (Å²) in [5.74, 6) is 0.517. The topological polar surface area (TPSA) is 52.0 Å². The number of aromatic nitrogens is 2. The fourth-order valence-electron chi connectivity index (χ4n) is 1.74. The summed E-state index contributed by atoms with van der Waals surface area (Å²) in [4.78, 5) is 0. The predicted molar refractivity (Wildman–Crippen MR) is 58.0 cm³/mol. The minimum atomic E-state index is -3.48. The van der Waals surface area contributed by atoms with E-state index in [2.05, 4.69) is 5.10 Å². The van der Waals surface area contributed by atoms with Crippen molar-refractivity contribution in [2.75, 3.05) is 0 Å². The normalized spacial score (nSPS) is 17.7. The molecular formula is C9H13ClN2O2S. The summed E-state index contributed by atoms with van der Waals surface area (Å²) in [5, 5.41) is 4.12. The minimum Gasteiger partial charge on any atom is -0.268 e. The van der Waals surface area contributed by atoms with Crippen LogP contribution in [0.1, 0.15) is 25.0 Å². The van der Waals surface area contributed by atoms with Crippen LogP contribution in [0.15, 0.2) is 12.3 Å². The van der Waals surface area contributed by atoms with Gasteiger partial charge in [-0.15, -0.1) is 0 Å². The minimum absolute atomic E-state index is 0.138. The van der Waals surface area contributed by atoms with Crippen LogP contribution in [-0.2, 0) is 21.3 Å². The lowest BCUT2D eigenvalue weighted by Gasteiger charge is -2.25. The second-order valence-electron chi connectivity index (χ2n) is 3.98. The maximum Gasteiger partial charge on any atom is 0.238 e. The highest BCUT2D eigenvalue weighted by atomic mass is 35.7. The summed E-state index contributed by atoms with van der Waals surface area (Å²) in [6.45, 7) is 0.814. The molecule has 1 fully saturated rings. The van der Waals surface area contributed by atoms with Crippen LogP contribution < -0.4 is 0 Å². The molecule has 15 heavy (non-hydrogen) atoms. The first-order valence-corrected chi connectivity index (χ1v) is 7.45. The van der Waals surface area contributed by atoms with Gasteiger partial charge in [-0.2, -0.15) is 5.10 Å². The van der Waals surface area contributed by atoms with Gasteiger partial charge in [-0.05, 0) is 24.8 Å². The lowest BCUT2D eigenvalue weighted by Crippen LogP contribution is -2.20. The van der Waals surface area contributed by atoms with Gasteiger partial charge in [-0.3, -0.25) is 4.68 Å². The highest BCUT2D eigenvalue weighted by Crippen LogP contribution is 2.28. The first-order valence-electron chi connectivity index (χ1n) is 4.97. The highest BCUT2D eigenvalue weighted by Gasteiger charge is 2.20. The fraction of sp³-hybridized carbons (Fsp3) is 0.667. The summed E-state index contributed by atoms with van der Waals surface area (Å²) < 4.78 is 23.6. The Labute approximate surface area is 93.7 Å². The van der Waals surface area contributed by atoms with Gasteiger partial charge < -0.3 is 0 Å². The Morgan fingerprint density at radius 1 is 1.53 bits per heavy atom. The van der Waals surface area contributed by atoms with Crippen LogP contribution >= 0.6 is 10.7 Å². The molecule has 0 amide bonds. The van der Waals surface area contributed by atoms with Gasteiger partial charge in [-0.25, -0.2) is 8.42 Å². The van der Waals surface area contributed by atoms with E-state index in [0.29, 0.717) is 11.6 Å². The third kappa shape index (κ3) is 2.95. The van der Waals surface area contributed by atoms with Crippen molar-refractivity contribution < 1.29 is 8.42 Å². The molecule has 1 aromatic rings. The molecule has 0 aliphatic heterocycles. The van der Waals surface area contributed by atoms with E-state index in [-0.39, 0.29) is 5.75 Å². The molecule has 2 rings (SSSR count). The van der Waals surface area contributed by atoms with E-state index in [9.17, 15) is 8.42 Å². The quantitative estimate of drug-likeness (QED) is 0.763. The smallest absolute Gasteiger partial charge is 0.238 e. The van der Waals surface area contributed by atoms with Crippen LogP contribution in [0.25, 0.3) is 0 Å². The standard InChI is InChI=1S/C9H13ClN2O2S/c10-15(13,14)7-9-4-5-11-12(9)6-8-2-1-3-8/h4-5,8H,1-3,6-7H2. The molecule has 1 aromatic heterocycles. The molecule has 4 nitrogen and oxygen atoms in total. The van der Waals surface area contributed by atoms with Crippen molar-refractivity contribution >= 4 is 19.7 Å². The number of halogens is 1. The van der Waals surface area contributed by atoms with E-state index in [1.165, 1.54) is 19.3 Å². The average Bonchev–Trinajstić information content (AvgIpc) is 2.42. The molecule has 0 aromatic carbocycles. The zero-order chi connectivity index (χ0) is 10.9. The number of hydrogen-bond donors (Lipinski definition) is 0. The maximum absolute atomic E-state index is 10.9. The van der Waals surface area contributed by atoms with Gasteiger partial charge in [0.15, 0.2) is 0 Å². The molecule has 0 saturated heterocycles. The van der Waals surface area contributed by atoms with Crippen molar-refractivity contribution in [3.8, 4) is 0 Å². The van der Waals surface area contributed by atoms with E-state index in [0.717, 1.165) is 6.54 Å². The van der Waals surface area contributed by atoms with Gasteiger partial charge in [0.05, 0.1) is 5.69 Å². The van der Waals surface area contributed by atoms with Gasteiger partial charge >= 0.3 is 0 Å². The summed E-state index contributed by atoms with van der Waals surface area (Å²) in [6, 6.07) is 1.71. The number of nitrogens with zero attached hydrogens (tertiary/aromatic N) is 2. The highest BCUT2D eigenvalue weighted by molar-refractivity contribution is 8.13. The largest absolute Gasteiger partial charge is 0.268 e. The molecule has 0 unspecified atom stereocenters. The predicted octanol–water partition coefficient (Wildman–Crippen LogP) is 1.75. The van der Waals surface area contributed by atoms with Crippen LogP contribution in [-0.4, -0.2) is 18.2 Å². The summed E-state index contributed by atoms with van der Waals surface area (Å²) >= 11 is 0. The second kappa shape index (κ2) is 4.14. The Kier molecular flexibility index (Phi) is 3.02. The van der Waals surface area contributed by atoms with Gasteiger partial charge in [0, 0.05) is 23.4 Å². The Bertz CT molecular complexity index is 437. The van der Waals surface area contributed by atoms with Gasteiger partial charge in [-0.1, -0.05) is 6.42 Å². The second-order valence-corrected chi connectivity index (χ2v) is 6.76. The molecule has 0 atom stereocenters. The Balaban J connectivity index is 2.07. The van der Waals surface area contributed by atoms with Gasteiger partial charge in [0.2, 0.25) is 9.05 Å². The summed E-state index contributed by atoms with van der Waals surface area (Å²) in [7, 11) is 1.73. The molecule has 0 bridgehead atoms. The Hall–Kier alpha value is -0.550. The molecular weight excluding hydrogens is 236 g/mol. The lowest BCUT2D eigenvalue weighted by molar-refractivity contribution is 0.264. The third-order valence-electron chi connectivity index (χ3n) is 2.78. The lowest BCUT2D eigenvalue weighted by atomic mass is 9.85. The van der Waals surface area contributed by atoms with Gasteiger partial charge in [0.1, 0.15) is 5.75 Å². The third-order valence-corrected chi connectivity index (χ3v) is 3.75. The molecule has 0 radical (unpaired) electrons. The zero-order valence-electron chi connectivity index (χ0n) is 8.26. The van der Waals surface area contributed by atoms with E-state index in [4.69, 9.17) is 10.7 Å². The number of hydrogen-bond acceptors (Lipinski definition) is 3. The molecule has 1 saturated carbocycles. The SMILES string of the molecule is O=S(=O)(Cl)Cc1ccnn1CC1CCC1. The van der Waals surface area contributed by atoms with E-state index in [1.807, 2.05) is 0 Å². The van der Waals surface area contributed by atoms with Crippen LogP contribution in [0.5, 0.6) is 0 Å². The van der Waals surface area contributed by atoms with Crippen molar-refractivity contribution in [1.29, 1.82) is 0 Å². The van der Waals surface area contributed by atoms with E-state index in [1.54, 1.807) is 16.9 Å². The molecule has 0 spiro atoms. The molecule has 1 aliphatic rings. The molecule has 84 valence electrons. The molecule has 0 N–H and O–H groups in total. The van der Waals surface area contributed by atoms with Crippen molar-refractivity contribution in [2.45, 2.75) is 31.6 Å². The Morgan fingerprint density at radius 3 is 2.80 bits per heavy atom. The zero-order valence-corrected chi connectivity index (χ0v) is 9.84. The van der Waals surface area contributed by atoms with Crippen molar-refractivity contribution in [3.63, 3.8) is 0 Å². The van der Waals surface area contributed by atoms with Crippen LogP contribution in [0.3, 0.4) is 0 Å². The maximum atomic E-state index is 10.9. The molecule has 6 heteroatoms. The molecule has 1 heterocycles. The first-order chi connectivity index (χ1) is 7.04. The fourth-order valence-corrected chi connectivity index (χ4v) is 2.68. The van der Waals surface area contributed by atoms with Crippen LogP contribution in [0.4, 0.5) is 0 Å². The van der Waals surface area contributed by atoms with Crippen molar-refractivity contribution in [1.82, 2.24) is 9.78 Å². The average molecular weight is 249 g/mol. The van der Waals surface area contributed by atoms with Crippen LogP contribution in [0, 0.1) is 5.92 Å². The van der Waals surface area contributed by atoms with Gasteiger partial charge in [0.25, 0.3) is 0 Å². The summed E-state index contributed by atoms with van der Waals surface area (Å²) in [5.41, 5.74) is 0.678. The van der Waals surface area contributed by atoms with E-state index < -0.39 is 9.05 Å². The summed E-state index contributed by atoms with van der Waals surface area (Å²) in [6.07, 6.45) is 5.32. The van der Waals surface area contributed by atoms with E-state index >= 15 is 0 Å². The van der Waals surface area contributed by atoms with Crippen LogP contribution in [0.2, 0.25) is 0 Å². The first kappa shape index (κ1) is 11.0.